The molecule has 1 aromatic rings. The van der Waals surface area contributed by atoms with Crippen LogP contribution in [-0.4, -0.2) is 6.08 Å². The lowest BCUT2D eigenvalue weighted by atomic mass is 9.84. The highest BCUT2D eigenvalue weighted by molar-refractivity contribution is 5.44. The average Bonchev–Trinajstić information content (AvgIpc) is 2.77. The second-order valence-electron chi connectivity index (χ2n) is 4.93. The van der Waals surface area contributed by atoms with Gasteiger partial charge in [0.25, 0.3) is 0 Å². The van der Waals surface area contributed by atoms with Crippen LogP contribution in [0.15, 0.2) is 11.1 Å². The molecule has 0 radical (unpaired) electrons. The lowest BCUT2D eigenvalue weighted by molar-refractivity contribution is 0.421. The molecule has 2 nitrogen and oxygen atoms in total. The highest BCUT2D eigenvalue weighted by Crippen LogP contribution is 2.45. The number of nitrogens with zero attached hydrogens (tertiary/aromatic N) is 1. The first kappa shape index (κ1) is 12.9. The molecule has 0 saturated heterocycles. The molecule has 0 aliphatic heterocycles. The Kier molecular flexibility index (Phi) is 3.31. The first-order valence-corrected chi connectivity index (χ1v) is 6.06. The summed E-state index contributed by atoms with van der Waals surface area (Å²) in [6, 6.07) is 1.18. The first-order chi connectivity index (χ1) is 8.52. The lowest BCUT2D eigenvalue weighted by Crippen LogP contribution is -2.23. The Morgan fingerprint density at radius 2 is 1.89 bits per heavy atom. The smallest absolute Gasteiger partial charge is 0.211 e. The predicted molar refractivity (Wildman–Crippen MR) is 64.1 cm³/mol. The first-order valence-electron chi connectivity index (χ1n) is 6.06. The number of aliphatic imine (C=N–C) groups is 1. The van der Waals surface area contributed by atoms with Crippen molar-refractivity contribution in [2.24, 2.45) is 4.99 Å². The van der Waals surface area contributed by atoms with E-state index in [1.807, 2.05) is 0 Å². The summed E-state index contributed by atoms with van der Waals surface area (Å²) >= 11 is 0. The number of benzene rings is 1. The largest absolute Gasteiger partial charge is 0.235 e. The number of hydrogen-bond acceptors (Lipinski definition) is 2. The molecule has 1 aromatic carbocycles. The Hall–Kier alpha value is -1.54. The number of aryl methyl sites for hydroxylation is 1. The molecule has 0 unspecified atom stereocenters. The van der Waals surface area contributed by atoms with E-state index in [1.54, 1.807) is 0 Å². The van der Waals surface area contributed by atoms with E-state index in [1.165, 1.54) is 26.0 Å². The summed E-state index contributed by atoms with van der Waals surface area (Å²) in [7, 11) is 0. The molecule has 0 heterocycles. The van der Waals surface area contributed by atoms with Gasteiger partial charge in [-0.25, -0.2) is 13.6 Å². The van der Waals surface area contributed by atoms with Gasteiger partial charge in [0.2, 0.25) is 6.08 Å². The van der Waals surface area contributed by atoms with Crippen molar-refractivity contribution in [3.8, 4) is 0 Å². The van der Waals surface area contributed by atoms with Crippen LogP contribution in [-0.2, 0) is 10.3 Å². The molecule has 18 heavy (non-hydrogen) atoms. The number of carbonyl (C=O) groups excluding carboxylic acids is 1. The minimum Gasteiger partial charge on any atom is -0.211 e. The molecule has 1 saturated carbocycles. The SMILES string of the molecule is Cc1cc(F)c(C)c(C2(N=C=O)CCCC2)c1F. The van der Waals surface area contributed by atoms with Crippen LogP contribution in [0, 0.1) is 25.5 Å². The molecule has 0 N–H and O–H groups in total. The Balaban J connectivity index is 2.72. The minimum atomic E-state index is -0.914. The van der Waals surface area contributed by atoms with Crippen molar-refractivity contribution in [1.82, 2.24) is 0 Å². The van der Waals surface area contributed by atoms with Crippen LogP contribution in [0.2, 0.25) is 0 Å². The number of halogens is 2. The molecule has 0 bridgehead atoms. The van der Waals surface area contributed by atoms with Crippen molar-refractivity contribution in [2.45, 2.75) is 45.1 Å². The van der Waals surface area contributed by atoms with E-state index in [0.717, 1.165) is 12.8 Å². The van der Waals surface area contributed by atoms with Gasteiger partial charge in [-0.2, -0.15) is 4.99 Å². The summed E-state index contributed by atoms with van der Waals surface area (Å²) in [5, 5.41) is 0. The van der Waals surface area contributed by atoms with E-state index in [0.29, 0.717) is 12.8 Å². The highest BCUT2D eigenvalue weighted by Gasteiger charge is 2.40. The van der Waals surface area contributed by atoms with Crippen LogP contribution in [0.3, 0.4) is 0 Å². The van der Waals surface area contributed by atoms with E-state index in [9.17, 15) is 13.6 Å². The zero-order valence-corrected chi connectivity index (χ0v) is 10.5. The molecular weight excluding hydrogens is 236 g/mol. The van der Waals surface area contributed by atoms with Crippen LogP contribution in [0.5, 0.6) is 0 Å². The molecule has 2 rings (SSSR count). The minimum absolute atomic E-state index is 0.237. The summed E-state index contributed by atoms with van der Waals surface area (Å²) in [4.78, 5) is 14.4. The molecule has 1 fully saturated rings. The van der Waals surface area contributed by atoms with Gasteiger partial charge in [0.1, 0.15) is 17.2 Å². The van der Waals surface area contributed by atoms with Crippen molar-refractivity contribution < 1.29 is 13.6 Å². The summed E-state index contributed by atoms with van der Waals surface area (Å²) in [5.74, 6) is -0.897. The third-order valence-corrected chi connectivity index (χ3v) is 3.80. The molecule has 0 spiro atoms. The van der Waals surface area contributed by atoms with E-state index in [4.69, 9.17) is 0 Å². The van der Waals surface area contributed by atoms with Gasteiger partial charge in [0.15, 0.2) is 0 Å². The Morgan fingerprint density at radius 1 is 1.28 bits per heavy atom. The fraction of sp³-hybridized carbons (Fsp3) is 0.500. The van der Waals surface area contributed by atoms with Crippen molar-refractivity contribution in [2.75, 3.05) is 0 Å². The maximum absolute atomic E-state index is 14.3. The quantitative estimate of drug-likeness (QED) is 0.582. The molecule has 4 heteroatoms. The number of hydrogen-bond donors (Lipinski definition) is 0. The van der Waals surface area contributed by atoms with Crippen molar-refractivity contribution in [3.05, 3.63) is 34.4 Å². The second kappa shape index (κ2) is 4.62. The van der Waals surface area contributed by atoms with E-state index < -0.39 is 17.2 Å². The maximum Gasteiger partial charge on any atom is 0.235 e. The standard InChI is InChI=1S/C14H15F2NO/c1-9-7-11(15)10(2)12(13(9)16)14(17-8-18)5-3-4-6-14/h7H,3-6H2,1-2H3. The molecule has 0 aromatic heterocycles. The Labute approximate surface area is 105 Å². The van der Waals surface area contributed by atoms with Gasteiger partial charge < -0.3 is 0 Å². The third-order valence-electron chi connectivity index (χ3n) is 3.80. The topological polar surface area (TPSA) is 29.4 Å². The zero-order valence-electron chi connectivity index (χ0n) is 10.5. The number of rotatable bonds is 2. The van der Waals surface area contributed by atoms with E-state index in [2.05, 4.69) is 4.99 Å². The van der Waals surface area contributed by atoms with E-state index in [-0.39, 0.29) is 16.7 Å². The van der Waals surface area contributed by atoms with Crippen molar-refractivity contribution in [3.63, 3.8) is 0 Å². The van der Waals surface area contributed by atoms with Gasteiger partial charge in [0, 0.05) is 5.56 Å². The summed E-state index contributed by atoms with van der Waals surface area (Å²) in [6.07, 6.45) is 4.39. The molecule has 0 atom stereocenters. The third kappa shape index (κ3) is 1.87. The van der Waals surface area contributed by atoms with Gasteiger partial charge in [0.05, 0.1) is 0 Å². The lowest BCUT2D eigenvalue weighted by Gasteiger charge is -2.26. The Bertz CT molecular complexity index is 501. The summed E-state index contributed by atoms with van der Waals surface area (Å²) in [6.45, 7) is 3.06. The Morgan fingerprint density at radius 3 is 2.44 bits per heavy atom. The maximum atomic E-state index is 14.3. The average molecular weight is 251 g/mol. The van der Waals surface area contributed by atoms with Crippen molar-refractivity contribution in [1.29, 1.82) is 0 Å². The van der Waals surface area contributed by atoms with Gasteiger partial charge >= 0.3 is 0 Å². The predicted octanol–water partition coefficient (Wildman–Crippen LogP) is 3.69. The van der Waals surface area contributed by atoms with Crippen LogP contribution in [0.4, 0.5) is 8.78 Å². The van der Waals surface area contributed by atoms with Crippen LogP contribution in [0.25, 0.3) is 0 Å². The number of isocyanates is 1. The van der Waals surface area contributed by atoms with Crippen LogP contribution >= 0.6 is 0 Å². The molecule has 96 valence electrons. The van der Waals surface area contributed by atoms with Crippen LogP contribution < -0.4 is 0 Å². The molecular formula is C14H15F2NO. The van der Waals surface area contributed by atoms with Gasteiger partial charge in [-0.1, -0.05) is 12.8 Å². The fourth-order valence-electron chi connectivity index (χ4n) is 2.86. The van der Waals surface area contributed by atoms with Gasteiger partial charge in [-0.05, 0) is 43.9 Å². The molecule has 0 amide bonds. The second-order valence-corrected chi connectivity index (χ2v) is 4.93. The van der Waals surface area contributed by atoms with Gasteiger partial charge in [-0.15, -0.1) is 0 Å². The monoisotopic (exact) mass is 251 g/mol. The molecule has 1 aliphatic rings. The van der Waals surface area contributed by atoms with Gasteiger partial charge in [-0.3, -0.25) is 0 Å². The summed E-state index contributed by atoms with van der Waals surface area (Å²) < 4.78 is 28.1. The fourth-order valence-corrected chi connectivity index (χ4v) is 2.86. The summed E-state index contributed by atoms with van der Waals surface area (Å²) in [5.41, 5.74) is -0.178. The van der Waals surface area contributed by atoms with E-state index >= 15 is 0 Å². The normalized spacial score (nSPS) is 17.6. The highest BCUT2D eigenvalue weighted by atomic mass is 19.1. The van der Waals surface area contributed by atoms with Crippen molar-refractivity contribution >= 4 is 6.08 Å². The zero-order chi connectivity index (χ0) is 13.3. The van der Waals surface area contributed by atoms with Crippen LogP contribution in [0.1, 0.15) is 42.4 Å². The molecule has 1 aliphatic carbocycles.